The second kappa shape index (κ2) is 5.20. The average molecular weight is 256 g/mol. The molecule has 1 amide bonds. The molecule has 98 valence electrons. The smallest absolute Gasteiger partial charge is 0.255 e. The van der Waals surface area contributed by atoms with E-state index in [0.717, 1.165) is 0 Å². The number of anilines is 1. The van der Waals surface area contributed by atoms with Gasteiger partial charge in [-0.25, -0.2) is 0 Å². The number of aromatic nitrogens is 1. The Balaban J connectivity index is 2.20. The Labute approximate surface area is 112 Å². The Morgan fingerprint density at radius 3 is 2.53 bits per heavy atom. The standard InChI is InChI=1S/C15H16N2O2/c1-15(2,19)12-5-3-4-11(10-12)14(18)17-13-6-8-16-9-7-13/h3-10,19H,1-2H3,(H,16,17,18). The molecular weight excluding hydrogens is 240 g/mol. The van der Waals surface area contributed by atoms with E-state index in [2.05, 4.69) is 10.3 Å². The van der Waals surface area contributed by atoms with Crippen LogP contribution in [0.15, 0.2) is 48.8 Å². The maximum atomic E-state index is 12.1. The van der Waals surface area contributed by atoms with Crippen LogP contribution in [0.2, 0.25) is 0 Å². The molecule has 2 aromatic rings. The average Bonchev–Trinajstić information content (AvgIpc) is 2.39. The minimum atomic E-state index is -0.965. The van der Waals surface area contributed by atoms with Crippen LogP contribution in [0.3, 0.4) is 0 Å². The SMILES string of the molecule is CC(C)(O)c1cccc(C(=O)Nc2ccncc2)c1. The molecule has 0 bridgehead atoms. The van der Waals surface area contributed by atoms with E-state index >= 15 is 0 Å². The van der Waals surface area contributed by atoms with Crippen LogP contribution >= 0.6 is 0 Å². The molecule has 0 atom stereocenters. The number of benzene rings is 1. The summed E-state index contributed by atoms with van der Waals surface area (Å²) >= 11 is 0. The Bertz CT molecular complexity index is 574. The summed E-state index contributed by atoms with van der Waals surface area (Å²) in [7, 11) is 0. The van der Waals surface area contributed by atoms with Crippen molar-refractivity contribution in [1.82, 2.24) is 4.98 Å². The van der Waals surface area contributed by atoms with Gasteiger partial charge in [0.15, 0.2) is 0 Å². The lowest BCUT2D eigenvalue weighted by atomic mass is 9.96. The van der Waals surface area contributed by atoms with Crippen molar-refractivity contribution in [2.75, 3.05) is 5.32 Å². The van der Waals surface area contributed by atoms with E-state index in [1.54, 1.807) is 62.6 Å². The number of aliphatic hydroxyl groups is 1. The summed E-state index contributed by atoms with van der Waals surface area (Å²) in [6, 6.07) is 10.4. The number of carbonyl (C=O) groups excluding carboxylic acids is 1. The summed E-state index contributed by atoms with van der Waals surface area (Å²) in [6.07, 6.45) is 3.23. The number of nitrogens with zero attached hydrogens (tertiary/aromatic N) is 1. The van der Waals surface area contributed by atoms with Gasteiger partial charge in [0.2, 0.25) is 0 Å². The second-order valence-electron chi connectivity index (χ2n) is 4.83. The Morgan fingerprint density at radius 2 is 1.89 bits per heavy atom. The molecule has 0 fully saturated rings. The molecule has 1 aromatic carbocycles. The summed E-state index contributed by atoms with van der Waals surface area (Å²) in [5, 5.41) is 12.7. The highest BCUT2D eigenvalue weighted by molar-refractivity contribution is 6.04. The van der Waals surface area contributed by atoms with Gasteiger partial charge in [-0.1, -0.05) is 12.1 Å². The zero-order valence-corrected chi connectivity index (χ0v) is 10.9. The lowest BCUT2D eigenvalue weighted by Crippen LogP contribution is -2.18. The van der Waals surface area contributed by atoms with Gasteiger partial charge in [0.25, 0.3) is 5.91 Å². The molecule has 0 aliphatic heterocycles. The molecule has 4 heteroatoms. The number of hydrogen-bond acceptors (Lipinski definition) is 3. The third kappa shape index (κ3) is 3.39. The molecule has 2 N–H and O–H groups in total. The number of carbonyl (C=O) groups is 1. The van der Waals surface area contributed by atoms with Gasteiger partial charge < -0.3 is 10.4 Å². The summed E-state index contributed by atoms with van der Waals surface area (Å²) in [5.74, 6) is -0.211. The van der Waals surface area contributed by atoms with E-state index in [1.165, 1.54) is 0 Å². The zero-order chi connectivity index (χ0) is 13.9. The van der Waals surface area contributed by atoms with Gasteiger partial charge in [0, 0.05) is 23.6 Å². The van der Waals surface area contributed by atoms with Crippen molar-refractivity contribution < 1.29 is 9.90 Å². The second-order valence-corrected chi connectivity index (χ2v) is 4.83. The fourth-order valence-electron chi connectivity index (χ4n) is 1.68. The van der Waals surface area contributed by atoms with Crippen molar-refractivity contribution >= 4 is 11.6 Å². The third-order valence-corrected chi connectivity index (χ3v) is 2.77. The first-order valence-electron chi connectivity index (χ1n) is 6.01. The third-order valence-electron chi connectivity index (χ3n) is 2.77. The molecule has 0 aliphatic rings. The molecule has 4 nitrogen and oxygen atoms in total. The van der Waals surface area contributed by atoms with Crippen LogP contribution in [0.5, 0.6) is 0 Å². The zero-order valence-electron chi connectivity index (χ0n) is 10.9. The first kappa shape index (κ1) is 13.2. The molecule has 0 spiro atoms. The highest BCUT2D eigenvalue weighted by atomic mass is 16.3. The van der Waals surface area contributed by atoms with Crippen LogP contribution in [-0.4, -0.2) is 16.0 Å². The van der Waals surface area contributed by atoms with Crippen molar-refractivity contribution in [1.29, 1.82) is 0 Å². The van der Waals surface area contributed by atoms with Crippen molar-refractivity contribution in [3.63, 3.8) is 0 Å². The highest BCUT2D eigenvalue weighted by Gasteiger charge is 2.17. The minimum Gasteiger partial charge on any atom is -0.386 e. The molecule has 0 saturated heterocycles. The van der Waals surface area contributed by atoms with Gasteiger partial charge in [-0.15, -0.1) is 0 Å². The van der Waals surface area contributed by atoms with Crippen LogP contribution in [0.1, 0.15) is 29.8 Å². The van der Waals surface area contributed by atoms with Gasteiger partial charge in [0.05, 0.1) is 5.60 Å². The van der Waals surface area contributed by atoms with Crippen molar-refractivity contribution in [3.05, 3.63) is 59.9 Å². The predicted octanol–water partition coefficient (Wildman–Crippen LogP) is 2.56. The highest BCUT2D eigenvalue weighted by Crippen LogP contribution is 2.20. The fourth-order valence-corrected chi connectivity index (χ4v) is 1.68. The van der Waals surface area contributed by atoms with E-state index in [1.807, 2.05) is 0 Å². The van der Waals surface area contributed by atoms with Crippen molar-refractivity contribution in [2.45, 2.75) is 19.4 Å². The Morgan fingerprint density at radius 1 is 1.21 bits per heavy atom. The van der Waals surface area contributed by atoms with E-state index in [9.17, 15) is 9.90 Å². The molecule has 0 radical (unpaired) electrons. The molecule has 1 aromatic heterocycles. The predicted molar refractivity (Wildman–Crippen MR) is 73.9 cm³/mol. The van der Waals surface area contributed by atoms with E-state index in [4.69, 9.17) is 0 Å². The van der Waals surface area contributed by atoms with E-state index < -0.39 is 5.60 Å². The Hall–Kier alpha value is -2.20. The van der Waals surface area contributed by atoms with Gasteiger partial charge in [-0.3, -0.25) is 9.78 Å². The monoisotopic (exact) mass is 256 g/mol. The van der Waals surface area contributed by atoms with Gasteiger partial charge in [-0.2, -0.15) is 0 Å². The largest absolute Gasteiger partial charge is 0.386 e. The van der Waals surface area contributed by atoms with E-state index in [-0.39, 0.29) is 5.91 Å². The maximum absolute atomic E-state index is 12.1. The topological polar surface area (TPSA) is 62.2 Å². The number of nitrogens with one attached hydrogen (secondary N) is 1. The first-order chi connectivity index (χ1) is 8.97. The lowest BCUT2D eigenvalue weighted by molar-refractivity contribution is 0.0785. The normalized spacial score (nSPS) is 11.1. The van der Waals surface area contributed by atoms with Crippen LogP contribution in [0.4, 0.5) is 5.69 Å². The summed E-state index contributed by atoms with van der Waals surface area (Å²) < 4.78 is 0. The van der Waals surface area contributed by atoms with Crippen molar-refractivity contribution in [3.8, 4) is 0 Å². The molecule has 0 unspecified atom stereocenters. The molecule has 2 rings (SSSR count). The summed E-state index contributed by atoms with van der Waals surface area (Å²) in [6.45, 7) is 3.37. The minimum absolute atomic E-state index is 0.211. The quantitative estimate of drug-likeness (QED) is 0.887. The first-order valence-corrected chi connectivity index (χ1v) is 6.01. The molecule has 19 heavy (non-hydrogen) atoms. The molecule has 0 aliphatic carbocycles. The van der Waals surface area contributed by atoms with Crippen LogP contribution in [0.25, 0.3) is 0 Å². The summed E-state index contributed by atoms with van der Waals surface area (Å²) in [5.41, 5.74) is 0.937. The molecule has 1 heterocycles. The lowest BCUT2D eigenvalue weighted by Gasteiger charge is -2.18. The molecular formula is C15H16N2O2. The Kier molecular flexibility index (Phi) is 3.62. The molecule has 0 saturated carbocycles. The maximum Gasteiger partial charge on any atom is 0.255 e. The fraction of sp³-hybridized carbons (Fsp3) is 0.200. The van der Waals surface area contributed by atoms with Crippen LogP contribution in [-0.2, 0) is 5.60 Å². The number of amides is 1. The number of rotatable bonds is 3. The number of hydrogen-bond donors (Lipinski definition) is 2. The van der Waals surface area contributed by atoms with Gasteiger partial charge in [-0.05, 0) is 43.7 Å². The van der Waals surface area contributed by atoms with Crippen LogP contribution in [0, 0.1) is 0 Å². The number of pyridine rings is 1. The summed E-state index contributed by atoms with van der Waals surface area (Å²) in [4.78, 5) is 16.0. The van der Waals surface area contributed by atoms with Gasteiger partial charge in [0.1, 0.15) is 0 Å². The van der Waals surface area contributed by atoms with E-state index in [0.29, 0.717) is 16.8 Å². The van der Waals surface area contributed by atoms with Crippen molar-refractivity contribution in [2.24, 2.45) is 0 Å². The van der Waals surface area contributed by atoms with Crippen LogP contribution < -0.4 is 5.32 Å². The van der Waals surface area contributed by atoms with Gasteiger partial charge >= 0.3 is 0 Å².